The summed E-state index contributed by atoms with van der Waals surface area (Å²) in [7, 11) is 3.55. The van der Waals surface area contributed by atoms with Crippen LogP contribution in [0.25, 0.3) is 0 Å². The van der Waals surface area contributed by atoms with Gasteiger partial charge in [-0.2, -0.15) is 0 Å². The molecule has 174 valence electrons. The lowest BCUT2D eigenvalue weighted by atomic mass is 9.93. The molecule has 3 rings (SSSR count). The van der Waals surface area contributed by atoms with Gasteiger partial charge in [0.15, 0.2) is 12.3 Å². The number of methoxy groups -OCH3 is 2. The molecule has 1 N–H and O–H groups in total. The van der Waals surface area contributed by atoms with Crippen molar-refractivity contribution in [2.75, 3.05) is 53.6 Å². The molecule has 0 fully saturated rings. The van der Waals surface area contributed by atoms with Crippen LogP contribution >= 0.6 is 0 Å². The van der Waals surface area contributed by atoms with E-state index < -0.39 is 0 Å². The molecule has 0 radical (unpaired) electrons. The topological polar surface area (TPSA) is 33.5 Å². The minimum absolute atomic E-state index is 0.772. The molecule has 1 aliphatic heterocycles. The smallest absolute Gasteiger partial charge is 0.183 e. The van der Waals surface area contributed by atoms with Crippen LogP contribution in [-0.4, -0.2) is 63.9 Å². The first-order valence-corrected chi connectivity index (χ1v) is 12.3. The maximum atomic E-state index is 5.37. The Labute approximate surface area is 194 Å². The van der Waals surface area contributed by atoms with E-state index in [1.54, 1.807) is 14.2 Å². The highest BCUT2D eigenvalue weighted by molar-refractivity contribution is 5.98. The van der Waals surface area contributed by atoms with Gasteiger partial charge in [0.1, 0.15) is 13.2 Å². The first-order chi connectivity index (χ1) is 15.8. The highest BCUT2D eigenvalue weighted by Gasteiger charge is 2.24. The SMILES string of the molecule is COCCNCCc1ccccc1CCCCCC1=[N+](CCOC)CCc2ccccc21. The molecule has 0 bridgehead atoms. The zero-order valence-corrected chi connectivity index (χ0v) is 20.1. The summed E-state index contributed by atoms with van der Waals surface area (Å²) in [5.41, 5.74) is 7.48. The first-order valence-electron chi connectivity index (χ1n) is 12.3. The molecule has 0 amide bonds. The van der Waals surface area contributed by atoms with Crippen molar-refractivity contribution in [3.05, 3.63) is 70.8 Å². The molecule has 2 aromatic rings. The zero-order valence-electron chi connectivity index (χ0n) is 20.1. The number of benzene rings is 2. The lowest BCUT2D eigenvalue weighted by molar-refractivity contribution is -0.532. The Hall–Kier alpha value is -2.01. The average Bonchev–Trinajstić information content (AvgIpc) is 2.83. The van der Waals surface area contributed by atoms with E-state index in [0.717, 1.165) is 58.7 Å². The van der Waals surface area contributed by atoms with Crippen LogP contribution < -0.4 is 5.32 Å². The van der Waals surface area contributed by atoms with Crippen LogP contribution in [0.1, 0.15) is 47.9 Å². The monoisotopic (exact) mass is 437 g/mol. The fraction of sp³-hybridized carbons (Fsp3) is 0.536. The molecule has 1 heterocycles. The molecular weight excluding hydrogens is 396 g/mol. The van der Waals surface area contributed by atoms with Gasteiger partial charge >= 0.3 is 0 Å². The second-order valence-corrected chi connectivity index (χ2v) is 8.66. The van der Waals surface area contributed by atoms with E-state index >= 15 is 0 Å². The Morgan fingerprint density at radius 1 is 0.781 bits per heavy atom. The van der Waals surface area contributed by atoms with E-state index in [1.807, 2.05) is 0 Å². The molecule has 0 aliphatic carbocycles. The third-order valence-electron chi connectivity index (χ3n) is 6.46. The van der Waals surface area contributed by atoms with Gasteiger partial charge < -0.3 is 14.8 Å². The summed E-state index contributed by atoms with van der Waals surface area (Å²) in [5, 5.41) is 3.46. The van der Waals surface area contributed by atoms with Gasteiger partial charge in [-0.1, -0.05) is 48.9 Å². The van der Waals surface area contributed by atoms with E-state index in [2.05, 4.69) is 58.4 Å². The summed E-state index contributed by atoms with van der Waals surface area (Å²) < 4.78 is 13.0. The van der Waals surface area contributed by atoms with Crippen LogP contribution in [0.15, 0.2) is 48.5 Å². The van der Waals surface area contributed by atoms with Crippen LogP contribution in [0.2, 0.25) is 0 Å². The van der Waals surface area contributed by atoms with Gasteiger partial charge in [0.25, 0.3) is 0 Å². The van der Waals surface area contributed by atoms with Crippen molar-refractivity contribution in [2.45, 2.75) is 44.9 Å². The van der Waals surface area contributed by atoms with Gasteiger partial charge in [0.05, 0.1) is 6.61 Å². The molecule has 0 saturated carbocycles. The van der Waals surface area contributed by atoms with Crippen molar-refractivity contribution < 1.29 is 14.0 Å². The number of rotatable bonds is 15. The van der Waals surface area contributed by atoms with Gasteiger partial charge in [-0.05, 0) is 55.0 Å². The summed E-state index contributed by atoms with van der Waals surface area (Å²) in [6.45, 7) is 5.60. The number of hydrogen-bond donors (Lipinski definition) is 1. The summed E-state index contributed by atoms with van der Waals surface area (Å²) in [4.78, 5) is 0. The van der Waals surface area contributed by atoms with Crippen molar-refractivity contribution in [2.24, 2.45) is 0 Å². The minimum atomic E-state index is 0.772. The zero-order chi connectivity index (χ0) is 22.4. The second-order valence-electron chi connectivity index (χ2n) is 8.66. The number of hydrogen-bond acceptors (Lipinski definition) is 3. The van der Waals surface area contributed by atoms with Gasteiger partial charge in [-0.25, -0.2) is 4.58 Å². The fourth-order valence-electron chi connectivity index (χ4n) is 4.67. The van der Waals surface area contributed by atoms with E-state index in [0.29, 0.717) is 0 Å². The Morgan fingerprint density at radius 2 is 1.50 bits per heavy atom. The number of unbranched alkanes of at least 4 members (excludes halogenated alkanes) is 2. The first kappa shape index (κ1) is 24.6. The van der Waals surface area contributed by atoms with Crippen LogP contribution in [-0.2, 0) is 28.7 Å². The normalized spacial score (nSPS) is 13.4. The molecule has 4 nitrogen and oxygen atoms in total. The maximum Gasteiger partial charge on any atom is 0.183 e. The van der Waals surface area contributed by atoms with Gasteiger partial charge in [-0.15, -0.1) is 0 Å². The van der Waals surface area contributed by atoms with Gasteiger partial charge in [0, 0.05) is 39.2 Å². The molecule has 0 unspecified atom stereocenters. The van der Waals surface area contributed by atoms with E-state index in [9.17, 15) is 0 Å². The molecule has 0 saturated heterocycles. The molecule has 0 aromatic heterocycles. The quantitative estimate of drug-likeness (QED) is 0.334. The van der Waals surface area contributed by atoms with Crippen LogP contribution in [0, 0.1) is 0 Å². The Kier molecular flexibility index (Phi) is 10.9. The number of aryl methyl sites for hydroxylation is 1. The van der Waals surface area contributed by atoms with Gasteiger partial charge in [-0.3, -0.25) is 0 Å². The summed E-state index contributed by atoms with van der Waals surface area (Å²) >= 11 is 0. The van der Waals surface area contributed by atoms with E-state index in [-0.39, 0.29) is 0 Å². The number of nitrogens with one attached hydrogen (secondary N) is 1. The Balaban J connectivity index is 1.49. The number of fused-ring (bicyclic) bond motifs is 1. The molecule has 4 heteroatoms. The van der Waals surface area contributed by atoms with Crippen molar-refractivity contribution in [1.82, 2.24) is 5.32 Å². The third-order valence-corrected chi connectivity index (χ3v) is 6.46. The molecule has 32 heavy (non-hydrogen) atoms. The average molecular weight is 438 g/mol. The molecule has 2 aromatic carbocycles. The fourth-order valence-corrected chi connectivity index (χ4v) is 4.67. The lowest BCUT2D eigenvalue weighted by Crippen LogP contribution is -2.32. The number of nitrogens with zero attached hydrogens (tertiary/aromatic N) is 1. The molecule has 1 aliphatic rings. The highest BCUT2D eigenvalue weighted by Crippen LogP contribution is 2.20. The van der Waals surface area contributed by atoms with Crippen LogP contribution in [0.4, 0.5) is 0 Å². The van der Waals surface area contributed by atoms with Gasteiger partial charge in [0.2, 0.25) is 0 Å². The second kappa shape index (κ2) is 14.2. The molecular formula is C28H41N2O2+. The molecule has 0 atom stereocenters. The van der Waals surface area contributed by atoms with Crippen LogP contribution in [0.5, 0.6) is 0 Å². The highest BCUT2D eigenvalue weighted by atomic mass is 16.5. The lowest BCUT2D eigenvalue weighted by Gasteiger charge is -2.18. The summed E-state index contributed by atoms with van der Waals surface area (Å²) in [6.07, 6.45) is 8.32. The van der Waals surface area contributed by atoms with Crippen LogP contribution in [0.3, 0.4) is 0 Å². The minimum Gasteiger partial charge on any atom is -0.383 e. The van der Waals surface area contributed by atoms with Crippen molar-refractivity contribution in [3.8, 4) is 0 Å². The summed E-state index contributed by atoms with van der Waals surface area (Å²) in [5.74, 6) is 0. The predicted octanol–water partition coefficient (Wildman–Crippen LogP) is 4.27. The van der Waals surface area contributed by atoms with E-state index in [1.165, 1.54) is 53.6 Å². The summed E-state index contributed by atoms with van der Waals surface area (Å²) in [6, 6.07) is 17.9. The third kappa shape index (κ3) is 7.54. The largest absolute Gasteiger partial charge is 0.383 e. The maximum absolute atomic E-state index is 5.37. The van der Waals surface area contributed by atoms with Crippen molar-refractivity contribution >= 4 is 5.71 Å². The van der Waals surface area contributed by atoms with Crippen molar-refractivity contribution in [3.63, 3.8) is 0 Å². The predicted molar refractivity (Wildman–Crippen MR) is 133 cm³/mol. The van der Waals surface area contributed by atoms with Crippen molar-refractivity contribution in [1.29, 1.82) is 0 Å². The Bertz CT molecular complexity index is 847. The van der Waals surface area contributed by atoms with E-state index in [4.69, 9.17) is 9.47 Å². The number of ether oxygens (including phenoxy) is 2. The molecule has 0 spiro atoms. The Morgan fingerprint density at radius 3 is 2.31 bits per heavy atom. The standard InChI is InChI=1S/C28H41N2O2/c1-31-22-19-29-18-16-25-12-7-6-11-24(25)10-4-3-5-15-28-27-14-9-8-13-26(27)17-20-30(28)21-23-32-2/h6-9,11-14,29H,3-5,10,15-23H2,1-2H3/q+1.